The molecule has 0 aliphatic carbocycles. The molecule has 6 aromatic rings. The first-order chi connectivity index (χ1) is 25.1. The van der Waals surface area contributed by atoms with Gasteiger partial charge in [-0.2, -0.15) is 0 Å². The minimum Gasteiger partial charge on any atom is -0.491 e. The normalized spacial score (nSPS) is 17.3. The lowest BCUT2D eigenvalue weighted by molar-refractivity contribution is 0.0932. The van der Waals surface area contributed by atoms with Gasteiger partial charge in [0.1, 0.15) is 48.6 Å². The summed E-state index contributed by atoms with van der Waals surface area (Å²) in [5.41, 5.74) is 2.32. The van der Waals surface area contributed by atoms with Crippen molar-refractivity contribution in [3.05, 3.63) is 105 Å². The molecule has 0 fully saturated rings. The summed E-state index contributed by atoms with van der Waals surface area (Å²) in [7, 11) is 0. The molecule has 268 valence electrons. The van der Waals surface area contributed by atoms with Gasteiger partial charge < -0.3 is 29.6 Å². The monoisotopic (exact) mass is 752 g/mol. The maximum atomic E-state index is 13.9. The van der Waals surface area contributed by atoms with Crippen LogP contribution in [0.4, 0.5) is 8.78 Å². The van der Waals surface area contributed by atoms with Crippen LogP contribution in [-0.4, -0.2) is 67.3 Å². The van der Waals surface area contributed by atoms with Gasteiger partial charge in [-0.15, -0.1) is 10.2 Å². The van der Waals surface area contributed by atoms with Crippen LogP contribution in [0.15, 0.2) is 60.9 Å². The number of carbonyl (C=O) groups is 2. The number of fused-ring (bicyclic) bond motifs is 4. The molecule has 1 unspecified atom stereocenters. The largest absolute Gasteiger partial charge is 0.491 e. The minimum absolute atomic E-state index is 0.0710. The van der Waals surface area contributed by atoms with Crippen molar-refractivity contribution in [1.82, 2.24) is 39.8 Å². The van der Waals surface area contributed by atoms with Gasteiger partial charge in [-0.25, -0.2) is 27.8 Å². The van der Waals surface area contributed by atoms with Crippen molar-refractivity contribution in [3.63, 3.8) is 0 Å². The standard InChI is InChI=1S/2C17H14ClFN4O3/c2*1-9-15-12(3-2-10(19)16(15)18)25-7-6-20-17(24)11-8-21-13-4-5-14(26-9)22-23(11)13/h2*2-5,8-9H,6-7H2,1H3,(H,20,24)/t9-;/m1./s1. The van der Waals surface area contributed by atoms with E-state index in [1.165, 1.54) is 45.7 Å². The Morgan fingerprint density at radius 2 is 1.10 bits per heavy atom. The zero-order valence-corrected chi connectivity index (χ0v) is 28.9. The van der Waals surface area contributed by atoms with E-state index in [1.54, 1.807) is 38.1 Å². The van der Waals surface area contributed by atoms with Gasteiger partial charge in [0, 0.05) is 12.1 Å². The van der Waals surface area contributed by atoms with Crippen molar-refractivity contribution in [1.29, 1.82) is 0 Å². The van der Waals surface area contributed by atoms with Crippen molar-refractivity contribution < 1.29 is 37.3 Å². The van der Waals surface area contributed by atoms with Gasteiger partial charge in [-0.3, -0.25) is 9.59 Å². The number of rotatable bonds is 0. The summed E-state index contributed by atoms with van der Waals surface area (Å²) in [6, 6.07) is 12.0. The topological polar surface area (TPSA) is 156 Å². The second-order valence-electron chi connectivity index (χ2n) is 11.4. The van der Waals surface area contributed by atoms with Crippen LogP contribution in [0.25, 0.3) is 11.3 Å². The van der Waals surface area contributed by atoms with Crippen LogP contribution in [0, 0.1) is 11.6 Å². The Balaban J connectivity index is 0.000000162. The predicted octanol–water partition coefficient (Wildman–Crippen LogP) is 5.57. The van der Waals surface area contributed by atoms with Gasteiger partial charge in [0.2, 0.25) is 11.8 Å². The highest BCUT2D eigenvalue weighted by Crippen LogP contribution is 2.38. The molecule has 2 aromatic carbocycles. The smallest absolute Gasteiger partial charge is 0.271 e. The number of halogens is 4. The summed E-state index contributed by atoms with van der Waals surface area (Å²) in [5, 5.41) is 13.9. The molecule has 4 bridgehead atoms. The second-order valence-corrected chi connectivity index (χ2v) is 12.2. The molecule has 8 rings (SSSR count). The molecule has 2 aliphatic heterocycles. The number of carbonyl (C=O) groups excluding carboxylic acids is 2. The molecule has 2 N–H and O–H groups in total. The van der Waals surface area contributed by atoms with Gasteiger partial charge in [0.15, 0.2) is 22.7 Å². The number of hydrogen-bond donors (Lipinski definition) is 2. The number of nitrogens with one attached hydrogen (secondary N) is 2. The van der Waals surface area contributed by atoms with Crippen molar-refractivity contribution in [2.24, 2.45) is 0 Å². The van der Waals surface area contributed by atoms with E-state index in [0.29, 0.717) is 33.9 Å². The van der Waals surface area contributed by atoms with E-state index in [0.717, 1.165) is 0 Å². The Kier molecular flexibility index (Phi) is 9.66. The molecule has 2 atom stereocenters. The summed E-state index contributed by atoms with van der Waals surface area (Å²) < 4.78 is 53.7. The average Bonchev–Trinajstić information content (AvgIpc) is 3.75. The summed E-state index contributed by atoms with van der Waals surface area (Å²) in [5.74, 6) is -0.555. The fourth-order valence-electron chi connectivity index (χ4n) is 5.57. The zero-order valence-electron chi connectivity index (χ0n) is 27.4. The first-order valence-electron chi connectivity index (χ1n) is 15.9. The van der Waals surface area contributed by atoms with E-state index in [-0.39, 0.29) is 71.3 Å². The SMILES string of the molecule is CC1Oc2ccc3ncc(n3n2)C(=O)NCCOc2ccc(F)c(Cl)c21.C[C@H]1Oc2ccc3ncc(n3n2)C(=O)NCCOc2ccc(F)c(Cl)c21. The first kappa shape index (κ1) is 34.7. The third-order valence-corrected chi connectivity index (χ3v) is 8.79. The molecule has 52 heavy (non-hydrogen) atoms. The Morgan fingerprint density at radius 1 is 0.673 bits per heavy atom. The zero-order chi connectivity index (χ0) is 36.5. The van der Waals surface area contributed by atoms with Gasteiger partial charge >= 0.3 is 0 Å². The Labute approximate surface area is 303 Å². The number of hydrogen-bond acceptors (Lipinski definition) is 10. The quantitative estimate of drug-likeness (QED) is 0.201. The van der Waals surface area contributed by atoms with Crippen molar-refractivity contribution in [3.8, 4) is 23.3 Å². The molecule has 6 heterocycles. The van der Waals surface area contributed by atoms with Crippen LogP contribution in [-0.2, 0) is 0 Å². The van der Waals surface area contributed by atoms with Gasteiger partial charge in [0.25, 0.3) is 11.8 Å². The highest BCUT2D eigenvalue weighted by Gasteiger charge is 2.24. The molecule has 0 saturated carbocycles. The molecule has 4 aromatic heterocycles. The third kappa shape index (κ3) is 6.81. The highest BCUT2D eigenvalue weighted by molar-refractivity contribution is 6.32. The number of ether oxygens (including phenoxy) is 4. The summed E-state index contributed by atoms with van der Waals surface area (Å²) in [6.45, 7) is 4.29. The first-order valence-corrected chi connectivity index (χ1v) is 16.6. The lowest BCUT2D eigenvalue weighted by Crippen LogP contribution is -2.29. The van der Waals surface area contributed by atoms with E-state index in [1.807, 2.05) is 0 Å². The second kappa shape index (κ2) is 14.5. The van der Waals surface area contributed by atoms with Crippen LogP contribution in [0.2, 0.25) is 10.0 Å². The van der Waals surface area contributed by atoms with E-state index in [2.05, 4.69) is 30.8 Å². The maximum Gasteiger partial charge on any atom is 0.271 e. The molecule has 0 saturated heterocycles. The fraction of sp³-hybridized carbons (Fsp3) is 0.235. The molecular weight excluding hydrogens is 725 g/mol. The van der Waals surface area contributed by atoms with Gasteiger partial charge in [0.05, 0.1) is 46.7 Å². The Hall–Kier alpha value is -5.74. The lowest BCUT2D eigenvalue weighted by Gasteiger charge is -2.19. The summed E-state index contributed by atoms with van der Waals surface area (Å²) >= 11 is 12.3. The molecule has 2 aliphatic rings. The van der Waals surface area contributed by atoms with Gasteiger partial charge in [-0.05, 0) is 50.2 Å². The number of amides is 2. The molecule has 0 spiro atoms. The summed E-state index contributed by atoms with van der Waals surface area (Å²) in [4.78, 5) is 32.9. The van der Waals surface area contributed by atoms with Crippen LogP contribution in [0.1, 0.15) is 58.2 Å². The minimum atomic E-state index is -0.630. The van der Waals surface area contributed by atoms with Gasteiger partial charge in [-0.1, -0.05) is 23.2 Å². The number of aromatic nitrogens is 6. The Morgan fingerprint density at radius 3 is 1.52 bits per heavy atom. The van der Waals surface area contributed by atoms with Crippen molar-refractivity contribution >= 4 is 46.3 Å². The molecule has 0 radical (unpaired) electrons. The maximum absolute atomic E-state index is 13.9. The van der Waals surface area contributed by atoms with E-state index >= 15 is 0 Å². The van der Waals surface area contributed by atoms with Crippen molar-refractivity contribution in [2.45, 2.75) is 26.1 Å². The Bertz CT molecular complexity index is 2180. The third-order valence-electron chi connectivity index (χ3n) is 8.02. The van der Waals surface area contributed by atoms with Crippen molar-refractivity contribution in [2.75, 3.05) is 26.3 Å². The summed E-state index contributed by atoms with van der Waals surface area (Å²) in [6.07, 6.45) is 1.61. The van der Waals surface area contributed by atoms with Crippen LogP contribution < -0.4 is 29.6 Å². The number of imidazole rings is 2. The van der Waals surface area contributed by atoms with Crippen LogP contribution in [0.3, 0.4) is 0 Å². The molecular formula is C34H28Cl2F2N8O6. The number of nitrogens with zero attached hydrogens (tertiary/aromatic N) is 6. The van der Waals surface area contributed by atoms with E-state index in [9.17, 15) is 18.4 Å². The van der Waals surface area contributed by atoms with Crippen LogP contribution in [0.5, 0.6) is 23.3 Å². The highest BCUT2D eigenvalue weighted by atomic mass is 35.5. The average molecular weight is 754 g/mol. The lowest BCUT2D eigenvalue weighted by atomic mass is 10.1. The van der Waals surface area contributed by atoms with E-state index < -0.39 is 23.8 Å². The molecule has 18 heteroatoms. The molecule has 14 nitrogen and oxygen atoms in total. The number of benzene rings is 2. The molecule has 2 amide bonds. The predicted molar refractivity (Wildman–Crippen MR) is 183 cm³/mol. The fourth-order valence-corrected chi connectivity index (χ4v) is 6.19. The van der Waals surface area contributed by atoms with Crippen LogP contribution >= 0.6 is 23.2 Å². The van der Waals surface area contributed by atoms with E-state index in [4.69, 9.17) is 42.1 Å².